The van der Waals surface area contributed by atoms with Crippen molar-refractivity contribution in [2.75, 3.05) is 20.3 Å². The van der Waals surface area contributed by atoms with E-state index >= 15 is 0 Å². The number of hydrogen-bond acceptors (Lipinski definition) is 5. The highest BCUT2D eigenvalue weighted by Gasteiger charge is 2.16. The third kappa shape index (κ3) is 6.59. The first-order valence-corrected chi connectivity index (χ1v) is 11.1. The summed E-state index contributed by atoms with van der Waals surface area (Å²) in [6, 6.07) is 10.5. The van der Waals surface area contributed by atoms with Crippen LogP contribution in [-0.2, 0) is 29.0 Å². The number of aromatic nitrogens is 3. The Morgan fingerprint density at radius 2 is 1.84 bits per heavy atom. The van der Waals surface area contributed by atoms with Crippen molar-refractivity contribution in [2.45, 2.75) is 26.4 Å². The highest BCUT2D eigenvalue weighted by molar-refractivity contribution is 6.34. The Morgan fingerprint density at radius 1 is 1.09 bits per heavy atom. The van der Waals surface area contributed by atoms with Crippen LogP contribution in [0.25, 0.3) is 11.4 Å². The molecule has 2 aromatic carbocycles. The van der Waals surface area contributed by atoms with Gasteiger partial charge in [-0.1, -0.05) is 34.8 Å². The Labute approximate surface area is 201 Å². The van der Waals surface area contributed by atoms with Crippen molar-refractivity contribution in [1.29, 1.82) is 0 Å². The van der Waals surface area contributed by atoms with Crippen molar-refractivity contribution in [3.8, 4) is 17.1 Å². The van der Waals surface area contributed by atoms with Gasteiger partial charge in [-0.15, -0.1) is 0 Å². The summed E-state index contributed by atoms with van der Waals surface area (Å²) in [6.45, 7) is 3.65. The van der Waals surface area contributed by atoms with Gasteiger partial charge in [-0.25, -0.2) is 9.67 Å². The van der Waals surface area contributed by atoms with Gasteiger partial charge in [0, 0.05) is 35.8 Å². The van der Waals surface area contributed by atoms with Gasteiger partial charge in [0.1, 0.15) is 18.2 Å². The summed E-state index contributed by atoms with van der Waals surface area (Å²) in [4.78, 5) is 17.1. The molecule has 32 heavy (non-hydrogen) atoms. The molecule has 0 spiro atoms. The maximum Gasteiger partial charge on any atom is 0.227 e. The van der Waals surface area contributed by atoms with Gasteiger partial charge in [0.25, 0.3) is 0 Å². The zero-order valence-corrected chi connectivity index (χ0v) is 20.0. The van der Waals surface area contributed by atoms with Crippen molar-refractivity contribution < 1.29 is 14.3 Å². The predicted octanol–water partition coefficient (Wildman–Crippen LogP) is 4.81. The summed E-state index contributed by atoms with van der Waals surface area (Å²) in [6.07, 6.45) is 0.0833. The smallest absolute Gasteiger partial charge is 0.227 e. The summed E-state index contributed by atoms with van der Waals surface area (Å²) in [5.74, 6) is 1.38. The molecule has 3 rings (SSSR count). The van der Waals surface area contributed by atoms with Crippen LogP contribution in [0.3, 0.4) is 0 Å². The highest BCUT2D eigenvalue weighted by atomic mass is 35.5. The van der Waals surface area contributed by atoms with E-state index in [-0.39, 0.29) is 12.3 Å². The molecule has 0 unspecified atom stereocenters. The number of methoxy groups -OCH3 is 1. The van der Waals surface area contributed by atoms with Gasteiger partial charge in [0.15, 0.2) is 5.82 Å². The van der Waals surface area contributed by atoms with Crippen LogP contribution in [0, 0.1) is 0 Å². The molecular weight excluding hydrogens is 475 g/mol. The van der Waals surface area contributed by atoms with Gasteiger partial charge in [0.2, 0.25) is 5.91 Å². The van der Waals surface area contributed by atoms with Gasteiger partial charge in [-0.05, 0) is 48.9 Å². The minimum Gasteiger partial charge on any atom is -0.490 e. The molecule has 10 heteroatoms. The highest BCUT2D eigenvalue weighted by Crippen LogP contribution is 2.29. The molecule has 0 atom stereocenters. The minimum atomic E-state index is -0.186. The molecule has 1 aromatic heterocycles. The average molecular weight is 498 g/mol. The summed E-state index contributed by atoms with van der Waals surface area (Å²) in [5.41, 5.74) is 1.56. The standard InChI is InChI=1S/C22H23Cl3N4O3/c1-3-29-20(12-21(30)26-13-14-8-16(23)11-17(24)9-14)27-22(28-29)15-4-5-18(25)19(10-15)32-7-6-31-2/h4-5,8-11H,3,6-7,12-13H2,1-2H3,(H,26,30). The third-order valence-electron chi connectivity index (χ3n) is 4.51. The van der Waals surface area contributed by atoms with Crippen LogP contribution in [-0.4, -0.2) is 41.0 Å². The molecule has 0 aliphatic rings. The number of amides is 1. The van der Waals surface area contributed by atoms with Crippen LogP contribution in [0.4, 0.5) is 0 Å². The molecule has 170 valence electrons. The second-order valence-electron chi connectivity index (χ2n) is 6.89. The van der Waals surface area contributed by atoms with Crippen molar-refractivity contribution >= 4 is 40.7 Å². The predicted molar refractivity (Wildman–Crippen MR) is 126 cm³/mol. The number of carbonyl (C=O) groups excluding carboxylic acids is 1. The van der Waals surface area contributed by atoms with Crippen molar-refractivity contribution in [3.05, 3.63) is 62.9 Å². The molecule has 0 fully saturated rings. The van der Waals surface area contributed by atoms with E-state index in [2.05, 4.69) is 15.4 Å². The van der Waals surface area contributed by atoms with Crippen LogP contribution in [0.15, 0.2) is 36.4 Å². The van der Waals surface area contributed by atoms with Gasteiger partial charge < -0.3 is 14.8 Å². The number of aryl methyl sites for hydroxylation is 1. The molecule has 0 saturated carbocycles. The Hall–Kier alpha value is -2.32. The Kier molecular flexibility index (Phi) is 8.75. The van der Waals surface area contributed by atoms with Gasteiger partial charge >= 0.3 is 0 Å². The first kappa shape index (κ1) is 24.3. The first-order valence-electron chi connectivity index (χ1n) is 9.96. The number of ether oxygens (including phenoxy) is 2. The summed E-state index contributed by atoms with van der Waals surface area (Å²) < 4.78 is 12.4. The molecule has 3 aromatic rings. The third-order valence-corrected chi connectivity index (χ3v) is 5.26. The maximum absolute atomic E-state index is 12.5. The van der Waals surface area contributed by atoms with Gasteiger partial charge in [-0.3, -0.25) is 4.79 Å². The van der Waals surface area contributed by atoms with E-state index in [1.54, 1.807) is 42.1 Å². The number of nitrogens with one attached hydrogen (secondary N) is 1. The molecular formula is C22H23Cl3N4O3. The molecule has 0 bridgehead atoms. The lowest BCUT2D eigenvalue weighted by Gasteiger charge is -2.08. The lowest BCUT2D eigenvalue weighted by Crippen LogP contribution is -2.26. The molecule has 0 aliphatic carbocycles. The topological polar surface area (TPSA) is 78.3 Å². The fraction of sp³-hybridized carbons (Fsp3) is 0.318. The number of halogens is 3. The van der Waals surface area contributed by atoms with Crippen LogP contribution in [0.2, 0.25) is 15.1 Å². The molecule has 7 nitrogen and oxygen atoms in total. The molecule has 1 amide bonds. The molecule has 1 heterocycles. The molecule has 1 N–H and O–H groups in total. The van der Waals surface area contributed by atoms with E-state index in [9.17, 15) is 4.79 Å². The summed E-state index contributed by atoms with van der Waals surface area (Å²) >= 11 is 18.2. The lowest BCUT2D eigenvalue weighted by atomic mass is 10.2. The van der Waals surface area contributed by atoms with E-state index in [0.29, 0.717) is 58.8 Å². The summed E-state index contributed by atoms with van der Waals surface area (Å²) in [5, 5.41) is 8.91. The van der Waals surface area contributed by atoms with Crippen LogP contribution in [0.5, 0.6) is 5.75 Å². The SMILES string of the molecule is CCn1nc(-c2ccc(Cl)c(OCCOC)c2)nc1CC(=O)NCc1cc(Cl)cc(Cl)c1. The largest absolute Gasteiger partial charge is 0.490 e. The van der Waals surface area contributed by atoms with Crippen LogP contribution in [0.1, 0.15) is 18.3 Å². The van der Waals surface area contributed by atoms with E-state index in [4.69, 9.17) is 44.3 Å². The number of rotatable bonds is 10. The van der Waals surface area contributed by atoms with E-state index in [1.165, 1.54) is 0 Å². The van der Waals surface area contributed by atoms with E-state index < -0.39 is 0 Å². The Bertz CT molecular complexity index is 1070. The first-order chi connectivity index (χ1) is 15.4. The number of hydrogen-bond donors (Lipinski definition) is 1. The fourth-order valence-electron chi connectivity index (χ4n) is 2.99. The normalized spacial score (nSPS) is 10.9. The number of benzene rings is 2. The quantitative estimate of drug-likeness (QED) is 0.407. The van der Waals surface area contributed by atoms with E-state index in [1.807, 2.05) is 13.0 Å². The monoisotopic (exact) mass is 496 g/mol. The van der Waals surface area contributed by atoms with Crippen molar-refractivity contribution in [1.82, 2.24) is 20.1 Å². The van der Waals surface area contributed by atoms with Crippen molar-refractivity contribution in [2.24, 2.45) is 0 Å². The van der Waals surface area contributed by atoms with Crippen LogP contribution < -0.4 is 10.1 Å². The van der Waals surface area contributed by atoms with Gasteiger partial charge in [-0.2, -0.15) is 5.10 Å². The lowest BCUT2D eigenvalue weighted by molar-refractivity contribution is -0.120. The Balaban J connectivity index is 1.70. The number of nitrogens with zero attached hydrogens (tertiary/aromatic N) is 3. The van der Waals surface area contributed by atoms with E-state index in [0.717, 1.165) is 11.1 Å². The van der Waals surface area contributed by atoms with Gasteiger partial charge in [0.05, 0.1) is 18.1 Å². The summed E-state index contributed by atoms with van der Waals surface area (Å²) in [7, 11) is 1.60. The zero-order valence-electron chi connectivity index (χ0n) is 17.7. The fourth-order valence-corrected chi connectivity index (χ4v) is 3.73. The zero-order chi connectivity index (χ0) is 23.1. The Morgan fingerprint density at radius 3 is 2.53 bits per heavy atom. The van der Waals surface area contributed by atoms with Crippen molar-refractivity contribution in [3.63, 3.8) is 0 Å². The second-order valence-corrected chi connectivity index (χ2v) is 8.17. The van der Waals surface area contributed by atoms with Crippen LogP contribution >= 0.6 is 34.8 Å². The molecule has 0 aliphatic heterocycles. The average Bonchev–Trinajstić information content (AvgIpc) is 3.16. The second kappa shape index (κ2) is 11.5. The minimum absolute atomic E-state index is 0.0833. The molecule has 0 radical (unpaired) electrons. The maximum atomic E-state index is 12.5. The molecule has 0 saturated heterocycles. The number of carbonyl (C=O) groups is 1.